The molecule has 0 amide bonds. The fourth-order valence-corrected chi connectivity index (χ4v) is 3.19. The Bertz CT molecular complexity index is 473. The van der Waals surface area contributed by atoms with Crippen LogP contribution >= 0.6 is 0 Å². The van der Waals surface area contributed by atoms with Crippen LogP contribution in [0.2, 0.25) is 0 Å². The van der Waals surface area contributed by atoms with Crippen LogP contribution in [0.25, 0.3) is 0 Å². The molecule has 0 spiro atoms. The van der Waals surface area contributed by atoms with Gasteiger partial charge in [0.2, 0.25) is 0 Å². The van der Waals surface area contributed by atoms with E-state index in [-0.39, 0.29) is 11.5 Å². The zero-order valence-electron chi connectivity index (χ0n) is 9.67. The Morgan fingerprint density at radius 2 is 2.06 bits per heavy atom. The van der Waals surface area contributed by atoms with Gasteiger partial charge in [0.25, 0.3) is 0 Å². The lowest BCUT2D eigenvalue weighted by molar-refractivity contribution is 0.586. The molecule has 17 heavy (non-hydrogen) atoms. The summed E-state index contributed by atoms with van der Waals surface area (Å²) in [6, 6.07) is 3.88. The Balaban J connectivity index is 2.18. The Hall–Kier alpha value is -1.14. The number of rotatable bonds is 3. The number of hydrogen-bond donors (Lipinski definition) is 1. The summed E-state index contributed by atoms with van der Waals surface area (Å²) in [5.41, 5.74) is 6.65. The van der Waals surface area contributed by atoms with Crippen LogP contribution in [0.1, 0.15) is 5.56 Å². The molecule has 2 heterocycles. The summed E-state index contributed by atoms with van der Waals surface area (Å²) in [5, 5.41) is 0. The average molecular weight is 255 g/mol. The van der Waals surface area contributed by atoms with E-state index in [4.69, 9.17) is 5.73 Å². The second kappa shape index (κ2) is 5.01. The molecule has 2 N–H and O–H groups in total. The molecule has 0 atom stereocenters. The second-order valence-corrected chi connectivity index (χ2v) is 6.47. The lowest BCUT2D eigenvalue weighted by atomic mass is 10.2. The largest absolute Gasteiger partial charge is 0.354 e. The summed E-state index contributed by atoms with van der Waals surface area (Å²) in [5.74, 6) is 1.31. The maximum absolute atomic E-state index is 11.4. The first kappa shape index (κ1) is 12.3. The average Bonchev–Trinajstić information content (AvgIpc) is 2.31. The molecule has 0 radical (unpaired) electrons. The van der Waals surface area contributed by atoms with Gasteiger partial charge in [0.15, 0.2) is 9.84 Å². The molecule has 1 fully saturated rings. The van der Waals surface area contributed by atoms with Crippen molar-refractivity contribution in [3.8, 4) is 0 Å². The molecule has 94 valence electrons. The van der Waals surface area contributed by atoms with Gasteiger partial charge in [0.05, 0.1) is 11.5 Å². The van der Waals surface area contributed by atoms with Crippen molar-refractivity contribution < 1.29 is 8.42 Å². The van der Waals surface area contributed by atoms with E-state index in [0.29, 0.717) is 19.6 Å². The summed E-state index contributed by atoms with van der Waals surface area (Å²) in [4.78, 5) is 6.38. The van der Waals surface area contributed by atoms with E-state index in [1.165, 1.54) is 0 Å². The molecule has 0 bridgehead atoms. The van der Waals surface area contributed by atoms with Crippen LogP contribution in [0.4, 0.5) is 5.82 Å². The fourth-order valence-electron chi connectivity index (χ4n) is 1.99. The van der Waals surface area contributed by atoms with Crippen molar-refractivity contribution in [2.24, 2.45) is 5.73 Å². The molecule has 1 aromatic heterocycles. The smallest absolute Gasteiger partial charge is 0.153 e. The SMILES string of the molecule is NCCc1cccnc1N1CCS(=O)(=O)CC1. The van der Waals surface area contributed by atoms with Gasteiger partial charge in [-0.15, -0.1) is 0 Å². The normalized spacial score (nSPS) is 19.2. The minimum atomic E-state index is -2.84. The quantitative estimate of drug-likeness (QED) is 0.810. The molecule has 0 aliphatic carbocycles. The third-order valence-electron chi connectivity index (χ3n) is 2.93. The Morgan fingerprint density at radius 3 is 2.71 bits per heavy atom. The molecule has 2 rings (SSSR count). The molecule has 0 aromatic carbocycles. The highest BCUT2D eigenvalue weighted by molar-refractivity contribution is 7.91. The van der Waals surface area contributed by atoms with E-state index < -0.39 is 9.84 Å². The van der Waals surface area contributed by atoms with Crippen molar-refractivity contribution in [3.05, 3.63) is 23.9 Å². The standard InChI is InChI=1S/C11H17N3O2S/c12-4-3-10-2-1-5-13-11(10)14-6-8-17(15,16)9-7-14/h1-2,5H,3-4,6-9,12H2. The van der Waals surface area contributed by atoms with E-state index in [1.54, 1.807) is 6.20 Å². The predicted molar refractivity (Wildman–Crippen MR) is 67.9 cm³/mol. The molecule has 5 nitrogen and oxygen atoms in total. The first-order valence-corrected chi connectivity index (χ1v) is 7.54. The number of hydrogen-bond acceptors (Lipinski definition) is 5. The van der Waals surface area contributed by atoms with E-state index in [0.717, 1.165) is 17.8 Å². The van der Waals surface area contributed by atoms with E-state index in [2.05, 4.69) is 4.98 Å². The first-order valence-electron chi connectivity index (χ1n) is 5.72. The summed E-state index contributed by atoms with van der Waals surface area (Å²) in [6.07, 6.45) is 2.50. The highest BCUT2D eigenvalue weighted by Crippen LogP contribution is 2.19. The predicted octanol–water partition coefficient (Wildman–Crippen LogP) is -0.182. The van der Waals surface area contributed by atoms with Gasteiger partial charge >= 0.3 is 0 Å². The van der Waals surface area contributed by atoms with Crippen LogP contribution in [0.15, 0.2) is 18.3 Å². The van der Waals surface area contributed by atoms with Crippen LogP contribution in [0, 0.1) is 0 Å². The van der Waals surface area contributed by atoms with Crippen molar-refractivity contribution in [2.75, 3.05) is 36.0 Å². The van der Waals surface area contributed by atoms with Crippen LogP contribution < -0.4 is 10.6 Å². The maximum Gasteiger partial charge on any atom is 0.153 e. The summed E-state index contributed by atoms with van der Waals surface area (Å²) in [6.45, 7) is 1.62. The molecular formula is C11H17N3O2S. The topological polar surface area (TPSA) is 76.3 Å². The minimum absolute atomic E-state index is 0.214. The second-order valence-electron chi connectivity index (χ2n) is 4.16. The molecule has 6 heteroatoms. The van der Waals surface area contributed by atoms with Gasteiger partial charge in [-0.3, -0.25) is 0 Å². The molecule has 1 aromatic rings. The highest BCUT2D eigenvalue weighted by Gasteiger charge is 2.23. The minimum Gasteiger partial charge on any atom is -0.354 e. The van der Waals surface area contributed by atoms with Crippen molar-refractivity contribution in [1.82, 2.24) is 4.98 Å². The molecular weight excluding hydrogens is 238 g/mol. The number of sulfone groups is 1. The third kappa shape index (κ3) is 2.95. The van der Waals surface area contributed by atoms with Crippen LogP contribution in [0.5, 0.6) is 0 Å². The monoisotopic (exact) mass is 255 g/mol. The van der Waals surface area contributed by atoms with Gasteiger partial charge < -0.3 is 10.6 Å². The van der Waals surface area contributed by atoms with Crippen LogP contribution in [-0.4, -0.2) is 44.5 Å². The lowest BCUT2D eigenvalue weighted by Crippen LogP contribution is -2.41. The zero-order chi connectivity index (χ0) is 12.3. The van der Waals surface area contributed by atoms with Crippen molar-refractivity contribution in [2.45, 2.75) is 6.42 Å². The molecule has 1 saturated heterocycles. The van der Waals surface area contributed by atoms with Crippen molar-refractivity contribution in [3.63, 3.8) is 0 Å². The van der Waals surface area contributed by atoms with Crippen LogP contribution in [0.3, 0.4) is 0 Å². The highest BCUT2D eigenvalue weighted by atomic mass is 32.2. The molecule has 0 saturated carbocycles. The molecule has 0 unspecified atom stereocenters. The van der Waals surface area contributed by atoms with E-state index in [9.17, 15) is 8.42 Å². The Kier molecular flexibility index (Phi) is 3.63. The number of aromatic nitrogens is 1. The van der Waals surface area contributed by atoms with Gasteiger partial charge in [-0.05, 0) is 24.6 Å². The van der Waals surface area contributed by atoms with Gasteiger partial charge in [0, 0.05) is 19.3 Å². The lowest BCUT2D eigenvalue weighted by Gasteiger charge is -2.29. The zero-order valence-corrected chi connectivity index (χ0v) is 10.5. The summed E-state index contributed by atoms with van der Waals surface area (Å²) in [7, 11) is -2.84. The van der Waals surface area contributed by atoms with Crippen molar-refractivity contribution in [1.29, 1.82) is 0 Å². The molecule has 1 aliphatic heterocycles. The van der Waals surface area contributed by atoms with Gasteiger partial charge in [-0.25, -0.2) is 13.4 Å². The van der Waals surface area contributed by atoms with Gasteiger partial charge in [-0.2, -0.15) is 0 Å². The van der Waals surface area contributed by atoms with E-state index >= 15 is 0 Å². The summed E-state index contributed by atoms with van der Waals surface area (Å²) < 4.78 is 22.7. The number of anilines is 1. The first-order chi connectivity index (χ1) is 8.12. The molecule has 1 aliphatic rings. The van der Waals surface area contributed by atoms with E-state index in [1.807, 2.05) is 17.0 Å². The third-order valence-corrected chi connectivity index (χ3v) is 4.53. The maximum atomic E-state index is 11.4. The summed E-state index contributed by atoms with van der Waals surface area (Å²) >= 11 is 0. The van der Waals surface area contributed by atoms with Gasteiger partial charge in [-0.1, -0.05) is 6.07 Å². The Morgan fingerprint density at radius 1 is 1.35 bits per heavy atom. The van der Waals surface area contributed by atoms with Crippen molar-refractivity contribution >= 4 is 15.7 Å². The van der Waals surface area contributed by atoms with Gasteiger partial charge in [0.1, 0.15) is 5.82 Å². The Labute approximate surface area is 102 Å². The number of nitrogens with two attached hydrogens (primary N) is 1. The number of nitrogens with zero attached hydrogens (tertiary/aromatic N) is 2. The van der Waals surface area contributed by atoms with Crippen LogP contribution in [-0.2, 0) is 16.3 Å². The number of pyridine rings is 1. The fraction of sp³-hybridized carbons (Fsp3) is 0.545.